The Hall–Kier alpha value is -0.840. The van der Waals surface area contributed by atoms with Crippen molar-refractivity contribution < 1.29 is 5.11 Å². The summed E-state index contributed by atoms with van der Waals surface area (Å²) in [5, 5.41) is 14.7. The van der Waals surface area contributed by atoms with Gasteiger partial charge in [0.2, 0.25) is 0 Å². The fourth-order valence-electron chi connectivity index (χ4n) is 1.43. The standard InChI is InChI=1S/C11H10BrClN2O/c12-9-5-14-15(6-9)7-11(16)8-2-1-3-10(13)4-8/h1-6,11,16H,7H2. The second kappa shape index (κ2) is 4.99. The lowest BCUT2D eigenvalue weighted by Crippen LogP contribution is -2.08. The van der Waals surface area contributed by atoms with E-state index in [1.807, 2.05) is 18.3 Å². The summed E-state index contributed by atoms with van der Waals surface area (Å²) >= 11 is 9.16. The van der Waals surface area contributed by atoms with Crippen LogP contribution in [0.4, 0.5) is 0 Å². The Morgan fingerprint density at radius 3 is 2.94 bits per heavy atom. The number of halogens is 2. The minimum Gasteiger partial charge on any atom is -0.386 e. The lowest BCUT2D eigenvalue weighted by Gasteiger charge is -2.11. The Kier molecular flexibility index (Phi) is 3.63. The van der Waals surface area contributed by atoms with Crippen molar-refractivity contribution in [3.05, 3.63) is 51.7 Å². The minimum atomic E-state index is -0.606. The van der Waals surface area contributed by atoms with Crippen LogP contribution in [0.2, 0.25) is 5.02 Å². The van der Waals surface area contributed by atoms with Gasteiger partial charge < -0.3 is 5.11 Å². The minimum absolute atomic E-state index is 0.409. The fourth-order valence-corrected chi connectivity index (χ4v) is 1.96. The molecule has 84 valence electrons. The van der Waals surface area contributed by atoms with Crippen molar-refractivity contribution in [3.63, 3.8) is 0 Å². The van der Waals surface area contributed by atoms with Crippen LogP contribution >= 0.6 is 27.5 Å². The molecule has 0 aliphatic heterocycles. The smallest absolute Gasteiger partial charge is 0.0986 e. The highest BCUT2D eigenvalue weighted by Gasteiger charge is 2.09. The molecule has 5 heteroatoms. The monoisotopic (exact) mass is 300 g/mol. The molecule has 0 saturated carbocycles. The zero-order valence-corrected chi connectivity index (χ0v) is 10.7. The molecule has 1 aromatic carbocycles. The van der Waals surface area contributed by atoms with Crippen LogP contribution in [0.3, 0.4) is 0 Å². The fraction of sp³-hybridized carbons (Fsp3) is 0.182. The van der Waals surface area contributed by atoms with Gasteiger partial charge in [-0.1, -0.05) is 23.7 Å². The zero-order chi connectivity index (χ0) is 11.5. The van der Waals surface area contributed by atoms with Gasteiger partial charge in [-0.25, -0.2) is 0 Å². The van der Waals surface area contributed by atoms with E-state index in [1.54, 1.807) is 23.0 Å². The normalized spacial score (nSPS) is 12.7. The number of rotatable bonds is 3. The lowest BCUT2D eigenvalue weighted by atomic mass is 10.1. The number of aliphatic hydroxyl groups is 1. The van der Waals surface area contributed by atoms with Gasteiger partial charge in [0.05, 0.1) is 23.3 Å². The third kappa shape index (κ3) is 2.84. The number of aromatic nitrogens is 2. The molecule has 0 radical (unpaired) electrons. The summed E-state index contributed by atoms with van der Waals surface area (Å²) in [6.07, 6.45) is 2.89. The summed E-state index contributed by atoms with van der Waals surface area (Å²) in [6, 6.07) is 7.20. The molecule has 1 unspecified atom stereocenters. The molecule has 1 atom stereocenters. The molecular formula is C11H10BrClN2O. The maximum atomic E-state index is 9.97. The predicted molar refractivity (Wildman–Crippen MR) is 66.3 cm³/mol. The highest BCUT2D eigenvalue weighted by Crippen LogP contribution is 2.19. The van der Waals surface area contributed by atoms with Crippen molar-refractivity contribution in [2.75, 3.05) is 0 Å². The second-order valence-electron chi connectivity index (χ2n) is 3.45. The number of hydrogen-bond donors (Lipinski definition) is 1. The molecule has 0 aliphatic carbocycles. The van der Waals surface area contributed by atoms with Crippen LogP contribution in [0, 0.1) is 0 Å². The largest absolute Gasteiger partial charge is 0.386 e. The van der Waals surface area contributed by atoms with Crippen LogP contribution in [0.1, 0.15) is 11.7 Å². The van der Waals surface area contributed by atoms with Crippen LogP contribution in [0.5, 0.6) is 0 Å². The number of nitrogens with zero attached hydrogens (tertiary/aromatic N) is 2. The van der Waals surface area contributed by atoms with E-state index in [0.29, 0.717) is 11.6 Å². The van der Waals surface area contributed by atoms with Gasteiger partial charge >= 0.3 is 0 Å². The summed E-state index contributed by atoms with van der Waals surface area (Å²) in [7, 11) is 0. The molecule has 0 saturated heterocycles. The van der Waals surface area contributed by atoms with Gasteiger partial charge in [-0.2, -0.15) is 5.10 Å². The van der Waals surface area contributed by atoms with Crippen molar-refractivity contribution in [2.45, 2.75) is 12.6 Å². The average molecular weight is 302 g/mol. The highest BCUT2D eigenvalue weighted by atomic mass is 79.9. The molecule has 16 heavy (non-hydrogen) atoms. The Balaban J connectivity index is 2.11. The first kappa shape index (κ1) is 11.6. The maximum absolute atomic E-state index is 9.97. The Labute approximate surface area is 107 Å². The zero-order valence-electron chi connectivity index (χ0n) is 8.35. The van der Waals surface area contributed by atoms with E-state index in [-0.39, 0.29) is 0 Å². The predicted octanol–water partition coefficient (Wildman–Crippen LogP) is 3.03. The molecule has 0 aliphatic rings. The van der Waals surface area contributed by atoms with E-state index in [1.165, 1.54) is 0 Å². The van der Waals surface area contributed by atoms with E-state index in [2.05, 4.69) is 21.0 Å². The molecular weight excluding hydrogens is 291 g/mol. The Bertz CT molecular complexity index is 486. The summed E-state index contributed by atoms with van der Waals surface area (Å²) < 4.78 is 2.57. The topological polar surface area (TPSA) is 38.0 Å². The van der Waals surface area contributed by atoms with Crippen molar-refractivity contribution >= 4 is 27.5 Å². The van der Waals surface area contributed by atoms with E-state index < -0.39 is 6.10 Å². The summed E-state index contributed by atoms with van der Waals surface area (Å²) in [5.41, 5.74) is 0.791. The van der Waals surface area contributed by atoms with E-state index >= 15 is 0 Å². The Morgan fingerprint density at radius 2 is 2.31 bits per heavy atom. The Morgan fingerprint density at radius 1 is 1.50 bits per heavy atom. The molecule has 0 fully saturated rings. The van der Waals surface area contributed by atoms with Crippen LogP contribution in [-0.2, 0) is 6.54 Å². The van der Waals surface area contributed by atoms with E-state index in [4.69, 9.17) is 11.6 Å². The van der Waals surface area contributed by atoms with Crippen molar-refractivity contribution in [2.24, 2.45) is 0 Å². The molecule has 1 N–H and O–H groups in total. The van der Waals surface area contributed by atoms with Crippen LogP contribution in [0.15, 0.2) is 41.1 Å². The second-order valence-corrected chi connectivity index (χ2v) is 4.80. The van der Waals surface area contributed by atoms with Gasteiger partial charge in [0, 0.05) is 11.2 Å². The first-order chi connectivity index (χ1) is 7.65. The van der Waals surface area contributed by atoms with Crippen molar-refractivity contribution in [3.8, 4) is 0 Å². The molecule has 1 aromatic heterocycles. The van der Waals surface area contributed by atoms with Crippen LogP contribution in [0.25, 0.3) is 0 Å². The molecule has 0 amide bonds. The third-order valence-corrected chi connectivity index (χ3v) is 2.84. The number of aliphatic hydroxyl groups excluding tert-OH is 1. The summed E-state index contributed by atoms with van der Waals surface area (Å²) in [6.45, 7) is 0.409. The van der Waals surface area contributed by atoms with Crippen molar-refractivity contribution in [1.29, 1.82) is 0 Å². The van der Waals surface area contributed by atoms with Gasteiger partial charge in [0.15, 0.2) is 0 Å². The van der Waals surface area contributed by atoms with Gasteiger partial charge in [0.1, 0.15) is 0 Å². The average Bonchev–Trinajstić information content (AvgIpc) is 2.64. The van der Waals surface area contributed by atoms with Gasteiger partial charge in [0.25, 0.3) is 0 Å². The quantitative estimate of drug-likeness (QED) is 0.946. The molecule has 1 heterocycles. The molecule has 2 rings (SSSR count). The van der Waals surface area contributed by atoms with Crippen LogP contribution in [-0.4, -0.2) is 14.9 Å². The molecule has 3 nitrogen and oxygen atoms in total. The van der Waals surface area contributed by atoms with Gasteiger partial charge in [-0.3, -0.25) is 4.68 Å². The molecule has 2 aromatic rings. The lowest BCUT2D eigenvalue weighted by molar-refractivity contribution is 0.151. The molecule has 0 bridgehead atoms. The van der Waals surface area contributed by atoms with Crippen molar-refractivity contribution in [1.82, 2.24) is 9.78 Å². The number of hydrogen-bond acceptors (Lipinski definition) is 2. The van der Waals surface area contributed by atoms with Gasteiger partial charge in [-0.05, 0) is 33.6 Å². The molecule has 0 spiro atoms. The SMILES string of the molecule is OC(Cn1cc(Br)cn1)c1cccc(Cl)c1. The van der Waals surface area contributed by atoms with E-state index in [9.17, 15) is 5.11 Å². The maximum Gasteiger partial charge on any atom is 0.0986 e. The van der Waals surface area contributed by atoms with Gasteiger partial charge in [-0.15, -0.1) is 0 Å². The first-order valence-corrected chi connectivity index (χ1v) is 5.94. The number of benzene rings is 1. The third-order valence-electron chi connectivity index (χ3n) is 2.20. The summed E-state index contributed by atoms with van der Waals surface area (Å²) in [5.74, 6) is 0. The summed E-state index contributed by atoms with van der Waals surface area (Å²) in [4.78, 5) is 0. The highest BCUT2D eigenvalue weighted by molar-refractivity contribution is 9.10. The first-order valence-electron chi connectivity index (χ1n) is 4.76. The van der Waals surface area contributed by atoms with E-state index in [0.717, 1.165) is 10.0 Å². The van der Waals surface area contributed by atoms with Crippen LogP contribution < -0.4 is 0 Å².